The number of hydrogen-bond acceptors (Lipinski definition) is 5. The van der Waals surface area contributed by atoms with Crippen LogP contribution in [0.25, 0.3) is 0 Å². The van der Waals surface area contributed by atoms with E-state index in [1.807, 2.05) is 6.92 Å². The first-order chi connectivity index (χ1) is 7.11. The minimum atomic E-state index is -1.17. The number of anilines is 1. The molecule has 0 saturated heterocycles. The van der Waals surface area contributed by atoms with Crippen molar-refractivity contribution in [3.63, 3.8) is 0 Å². The van der Waals surface area contributed by atoms with Gasteiger partial charge >= 0.3 is 5.97 Å². The summed E-state index contributed by atoms with van der Waals surface area (Å²) in [6.45, 7) is 1.93. The van der Waals surface area contributed by atoms with Crippen LogP contribution < -0.4 is 5.32 Å². The number of aryl methyl sites for hydroxylation is 1. The summed E-state index contributed by atoms with van der Waals surface area (Å²) in [6, 6.07) is 0. The zero-order chi connectivity index (χ0) is 11.3. The van der Waals surface area contributed by atoms with Crippen molar-refractivity contribution in [3.8, 4) is 0 Å². The Labute approximate surface area is 89.6 Å². The molecule has 0 unspecified atom stereocenters. The van der Waals surface area contributed by atoms with Crippen LogP contribution in [0, 0.1) is 0 Å². The molecule has 0 aliphatic heterocycles. The van der Waals surface area contributed by atoms with Crippen LogP contribution in [0.3, 0.4) is 0 Å². The highest BCUT2D eigenvalue weighted by molar-refractivity contribution is 7.15. The fourth-order valence-electron chi connectivity index (χ4n) is 0.741. The molecule has 0 bridgehead atoms. The fourth-order valence-corrected chi connectivity index (χ4v) is 1.42. The van der Waals surface area contributed by atoms with Crippen molar-refractivity contribution in [1.29, 1.82) is 0 Å². The number of aliphatic carboxylic acids is 1. The van der Waals surface area contributed by atoms with E-state index in [9.17, 15) is 9.59 Å². The molecule has 0 spiro atoms. The Balaban J connectivity index is 2.54. The van der Waals surface area contributed by atoms with Gasteiger partial charge in [0.1, 0.15) is 5.01 Å². The second kappa shape index (κ2) is 5.20. The largest absolute Gasteiger partial charge is 0.478 e. The Kier molecular flexibility index (Phi) is 3.92. The number of nitrogens with one attached hydrogen (secondary N) is 1. The maximum absolute atomic E-state index is 11.1. The number of amides is 1. The lowest BCUT2D eigenvalue weighted by atomic mass is 10.5. The van der Waals surface area contributed by atoms with Gasteiger partial charge in [-0.1, -0.05) is 18.3 Å². The molecule has 1 amide bonds. The summed E-state index contributed by atoms with van der Waals surface area (Å²) in [6.07, 6.45) is 2.44. The molecule has 15 heavy (non-hydrogen) atoms. The van der Waals surface area contributed by atoms with E-state index in [0.717, 1.165) is 23.6 Å². The normalized spacial score (nSPS) is 10.5. The van der Waals surface area contributed by atoms with Crippen LogP contribution in [0.5, 0.6) is 0 Å². The van der Waals surface area contributed by atoms with Crippen molar-refractivity contribution in [2.75, 3.05) is 5.32 Å². The molecule has 0 aliphatic carbocycles. The predicted octanol–water partition coefficient (Wildman–Crippen LogP) is 0.680. The Hall–Kier alpha value is -1.76. The van der Waals surface area contributed by atoms with Gasteiger partial charge < -0.3 is 5.11 Å². The molecule has 0 saturated carbocycles. The highest BCUT2D eigenvalue weighted by atomic mass is 32.1. The van der Waals surface area contributed by atoms with Crippen molar-refractivity contribution in [2.24, 2.45) is 0 Å². The zero-order valence-electron chi connectivity index (χ0n) is 7.93. The molecule has 0 radical (unpaired) electrons. The average Bonchev–Trinajstić information content (AvgIpc) is 2.62. The van der Waals surface area contributed by atoms with Crippen LogP contribution >= 0.6 is 11.3 Å². The topological polar surface area (TPSA) is 92.2 Å². The maximum Gasteiger partial charge on any atom is 0.328 e. The molecule has 1 aromatic rings. The van der Waals surface area contributed by atoms with Gasteiger partial charge in [-0.3, -0.25) is 10.1 Å². The summed E-state index contributed by atoms with van der Waals surface area (Å²) >= 11 is 1.26. The maximum atomic E-state index is 11.1. The third-order valence-corrected chi connectivity index (χ3v) is 2.36. The Morgan fingerprint density at radius 1 is 1.47 bits per heavy atom. The number of hydrogen-bond donors (Lipinski definition) is 2. The minimum Gasteiger partial charge on any atom is -0.478 e. The minimum absolute atomic E-state index is 0.367. The van der Waals surface area contributed by atoms with Gasteiger partial charge in [0.25, 0.3) is 0 Å². The van der Waals surface area contributed by atoms with Gasteiger partial charge in [0.15, 0.2) is 0 Å². The second-order valence-electron chi connectivity index (χ2n) is 2.52. The van der Waals surface area contributed by atoms with E-state index in [0.29, 0.717) is 5.13 Å². The monoisotopic (exact) mass is 227 g/mol. The average molecular weight is 227 g/mol. The molecule has 2 N–H and O–H groups in total. The van der Waals surface area contributed by atoms with E-state index in [-0.39, 0.29) is 0 Å². The molecule has 80 valence electrons. The van der Waals surface area contributed by atoms with Crippen LogP contribution in [0.15, 0.2) is 12.2 Å². The fraction of sp³-hybridized carbons (Fsp3) is 0.250. The lowest BCUT2D eigenvalue weighted by molar-refractivity contribution is -0.131. The van der Waals surface area contributed by atoms with E-state index < -0.39 is 11.9 Å². The summed E-state index contributed by atoms with van der Waals surface area (Å²) in [5.74, 6) is -1.70. The Bertz CT molecular complexity index is 400. The molecular weight excluding hydrogens is 218 g/mol. The zero-order valence-corrected chi connectivity index (χ0v) is 8.74. The lowest BCUT2D eigenvalue weighted by Gasteiger charge is -1.92. The number of rotatable bonds is 4. The van der Waals surface area contributed by atoms with Crippen molar-refractivity contribution in [1.82, 2.24) is 10.2 Å². The number of carboxylic acid groups (broad SMARTS) is 1. The molecule has 6 nitrogen and oxygen atoms in total. The highest BCUT2D eigenvalue weighted by Gasteiger charge is 2.04. The molecule has 1 heterocycles. The molecule has 0 atom stereocenters. The smallest absolute Gasteiger partial charge is 0.328 e. The quantitative estimate of drug-likeness (QED) is 0.738. The Morgan fingerprint density at radius 2 is 2.20 bits per heavy atom. The Morgan fingerprint density at radius 3 is 2.73 bits per heavy atom. The highest BCUT2D eigenvalue weighted by Crippen LogP contribution is 2.14. The van der Waals surface area contributed by atoms with Gasteiger partial charge in [-0.25, -0.2) is 4.79 Å². The summed E-state index contributed by atoms with van der Waals surface area (Å²) in [7, 11) is 0. The molecule has 0 fully saturated rings. The first-order valence-corrected chi connectivity index (χ1v) is 4.98. The lowest BCUT2D eigenvalue weighted by Crippen LogP contribution is -2.08. The van der Waals surface area contributed by atoms with Gasteiger partial charge in [-0.05, 0) is 6.42 Å². The van der Waals surface area contributed by atoms with Crippen molar-refractivity contribution in [3.05, 3.63) is 17.2 Å². The first kappa shape index (κ1) is 11.3. The molecule has 1 aromatic heterocycles. The van der Waals surface area contributed by atoms with Crippen LogP contribution in [0.2, 0.25) is 0 Å². The number of aromatic nitrogens is 2. The van der Waals surface area contributed by atoms with Gasteiger partial charge in [-0.15, -0.1) is 10.2 Å². The summed E-state index contributed by atoms with van der Waals surface area (Å²) in [5, 5.41) is 19.4. The van der Waals surface area contributed by atoms with Gasteiger partial charge in [0.2, 0.25) is 11.0 Å². The van der Waals surface area contributed by atoms with E-state index >= 15 is 0 Å². The molecule has 1 rings (SSSR count). The summed E-state index contributed by atoms with van der Waals surface area (Å²) < 4.78 is 0. The van der Waals surface area contributed by atoms with Crippen LogP contribution in [-0.2, 0) is 16.0 Å². The third kappa shape index (κ3) is 3.86. The molecule has 0 aliphatic rings. The van der Waals surface area contributed by atoms with E-state index in [4.69, 9.17) is 5.11 Å². The standard InChI is InChI=1S/C8H9N3O3S/c1-2-6-10-11-8(15-6)9-5(12)3-4-7(13)14/h3-4H,2H2,1H3,(H,13,14)(H,9,11,12)/b4-3+. The molecular formula is C8H9N3O3S. The van der Waals surface area contributed by atoms with E-state index in [1.165, 1.54) is 11.3 Å². The number of carbonyl (C=O) groups is 2. The predicted molar refractivity (Wildman–Crippen MR) is 54.7 cm³/mol. The van der Waals surface area contributed by atoms with E-state index in [2.05, 4.69) is 15.5 Å². The SMILES string of the molecule is CCc1nnc(NC(=O)/C=C/C(=O)O)s1. The van der Waals surface area contributed by atoms with Crippen LogP contribution in [0.4, 0.5) is 5.13 Å². The van der Waals surface area contributed by atoms with Crippen molar-refractivity contribution < 1.29 is 14.7 Å². The number of carbonyl (C=O) groups excluding carboxylic acids is 1. The van der Waals surface area contributed by atoms with Crippen LogP contribution in [-0.4, -0.2) is 27.2 Å². The molecule has 0 aromatic carbocycles. The van der Waals surface area contributed by atoms with Gasteiger partial charge in [0, 0.05) is 12.2 Å². The van der Waals surface area contributed by atoms with Gasteiger partial charge in [0.05, 0.1) is 0 Å². The summed E-state index contributed by atoms with van der Waals surface area (Å²) in [5.41, 5.74) is 0. The number of nitrogens with zero attached hydrogens (tertiary/aromatic N) is 2. The molecule has 7 heteroatoms. The van der Waals surface area contributed by atoms with Gasteiger partial charge in [-0.2, -0.15) is 0 Å². The first-order valence-electron chi connectivity index (χ1n) is 4.16. The van der Waals surface area contributed by atoms with E-state index in [1.54, 1.807) is 0 Å². The van der Waals surface area contributed by atoms with Crippen LogP contribution in [0.1, 0.15) is 11.9 Å². The third-order valence-electron chi connectivity index (χ3n) is 1.38. The number of carboxylic acids is 1. The van der Waals surface area contributed by atoms with Crippen molar-refractivity contribution in [2.45, 2.75) is 13.3 Å². The summed E-state index contributed by atoms with van der Waals surface area (Å²) in [4.78, 5) is 21.2. The second-order valence-corrected chi connectivity index (χ2v) is 3.58. The van der Waals surface area contributed by atoms with Crippen molar-refractivity contribution >= 4 is 28.3 Å².